The second-order valence-corrected chi connectivity index (χ2v) is 4.90. The molecule has 16 heavy (non-hydrogen) atoms. The Morgan fingerprint density at radius 2 is 2.00 bits per heavy atom. The van der Waals surface area contributed by atoms with Crippen molar-refractivity contribution in [2.75, 3.05) is 0 Å². The van der Waals surface area contributed by atoms with Gasteiger partial charge in [0, 0.05) is 6.04 Å². The summed E-state index contributed by atoms with van der Waals surface area (Å²) < 4.78 is 13.1. The maximum absolute atomic E-state index is 13.1. The number of nitrogens with two attached hydrogens (primary N) is 1. The van der Waals surface area contributed by atoms with E-state index in [1.165, 1.54) is 38.2 Å². The molecule has 1 nitrogen and oxygen atoms in total. The summed E-state index contributed by atoms with van der Waals surface area (Å²) in [7, 11) is 0. The molecular formula is C14H20FN. The fraction of sp³-hybridized carbons (Fsp3) is 0.571. The van der Waals surface area contributed by atoms with Crippen molar-refractivity contribution in [2.45, 2.75) is 44.6 Å². The highest BCUT2D eigenvalue weighted by atomic mass is 19.1. The van der Waals surface area contributed by atoms with Gasteiger partial charge in [-0.1, -0.05) is 44.2 Å². The van der Waals surface area contributed by atoms with Crippen molar-refractivity contribution < 1.29 is 4.39 Å². The quantitative estimate of drug-likeness (QED) is 0.825. The van der Waals surface area contributed by atoms with Gasteiger partial charge in [-0.2, -0.15) is 0 Å². The van der Waals surface area contributed by atoms with Crippen LogP contribution in [0.4, 0.5) is 4.39 Å². The van der Waals surface area contributed by atoms with E-state index in [0.717, 1.165) is 17.9 Å². The second kappa shape index (κ2) is 5.44. The molecule has 0 heterocycles. The molecule has 1 unspecified atom stereocenters. The molecule has 0 radical (unpaired) electrons. The van der Waals surface area contributed by atoms with Crippen LogP contribution < -0.4 is 5.73 Å². The van der Waals surface area contributed by atoms with Crippen LogP contribution >= 0.6 is 0 Å². The van der Waals surface area contributed by atoms with Crippen LogP contribution in [0.2, 0.25) is 0 Å². The van der Waals surface area contributed by atoms with Crippen molar-refractivity contribution in [2.24, 2.45) is 11.7 Å². The average Bonchev–Trinajstić information content (AvgIpc) is 2.30. The van der Waals surface area contributed by atoms with Gasteiger partial charge in [-0.25, -0.2) is 4.39 Å². The Morgan fingerprint density at radius 3 is 2.69 bits per heavy atom. The summed E-state index contributed by atoms with van der Waals surface area (Å²) in [6.45, 7) is 0. The van der Waals surface area contributed by atoms with Crippen LogP contribution in [0.15, 0.2) is 24.3 Å². The van der Waals surface area contributed by atoms with Crippen molar-refractivity contribution in [3.8, 4) is 0 Å². The van der Waals surface area contributed by atoms with Crippen LogP contribution in [0.25, 0.3) is 0 Å². The van der Waals surface area contributed by atoms with Gasteiger partial charge in [0.15, 0.2) is 0 Å². The molecule has 0 aromatic heterocycles. The third kappa shape index (κ3) is 3.05. The molecule has 0 aliphatic heterocycles. The largest absolute Gasteiger partial charge is 0.324 e. The van der Waals surface area contributed by atoms with Crippen molar-refractivity contribution in [1.82, 2.24) is 0 Å². The van der Waals surface area contributed by atoms with E-state index in [2.05, 4.69) is 0 Å². The lowest BCUT2D eigenvalue weighted by Gasteiger charge is -2.24. The molecule has 0 bridgehead atoms. The minimum absolute atomic E-state index is 0.00111. The number of halogens is 1. The zero-order chi connectivity index (χ0) is 11.4. The highest BCUT2D eigenvalue weighted by Crippen LogP contribution is 2.30. The fourth-order valence-electron chi connectivity index (χ4n) is 2.66. The Labute approximate surface area is 96.9 Å². The molecule has 0 amide bonds. The maximum Gasteiger partial charge on any atom is 0.123 e. The van der Waals surface area contributed by atoms with Gasteiger partial charge < -0.3 is 5.73 Å². The number of hydrogen-bond acceptors (Lipinski definition) is 1. The maximum atomic E-state index is 13.1. The van der Waals surface area contributed by atoms with Gasteiger partial charge in [0.1, 0.15) is 5.82 Å². The summed E-state index contributed by atoms with van der Waals surface area (Å²) >= 11 is 0. The van der Waals surface area contributed by atoms with E-state index in [1.54, 1.807) is 12.1 Å². The SMILES string of the molecule is NC(CC1CCCCC1)c1cccc(F)c1. The number of rotatable bonds is 3. The monoisotopic (exact) mass is 221 g/mol. The Morgan fingerprint density at radius 1 is 1.25 bits per heavy atom. The zero-order valence-corrected chi connectivity index (χ0v) is 9.66. The lowest BCUT2D eigenvalue weighted by Crippen LogP contribution is -2.17. The van der Waals surface area contributed by atoms with Crippen LogP contribution in [-0.2, 0) is 0 Å². The van der Waals surface area contributed by atoms with Crippen LogP contribution in [0.5, 0.6) is 0 Å². The molecule has 1 aromatic carbocycles. The average molecular weight is 221 g/mol. The predicted octanol–water partition coefficient (Wildman–Crippen LogP) is 3.80. The smallest absolute Gasteiger partial charge is 0.123 e. The summed E-state index contributed by atoms with van der Waals surface area (Å²) in [5.74, 6) is 0.559. The van der Waals surface area contributed by atoms with E-state index in [0.29, 0.717) is 0 Å². The zero-order valence-electron chi connectivity index (χ0n) is 9.66. The Kier molecular flexibility index (Phi) is 3.94. The van der Waals surface area contributed by atoms with E-state index in [9.17, 15) is 4.39 Å². The van der Waals surface area contributed by atoms with Crippen molar-refractivity contribution in [3.63, 3.8) is 0 Å². The number of benzene rings is 1. The Balaban J connectivity index is 1.94. The first-order chi connectivity index (χ1) is 7.75. The molecule has 0 spiro atoms. The van der Waals surface area contributed by atoms with Crippen molar-refractivity contribution in [3.05, 3.63) is 35.6 Å². The van der Waals surface area contributed by atoms with Crippen molar-refractivity contribution >= 4 is 0 Å². The topological polar surface area (TPSA) is 26.0 Å². The highest BCUT2D eigenvalue weighted by molar-refractivity contribution is 5.19. The third-order valence-electron chi connectivity index (χ3n) is 3.59. The van der Waals surface area contributed by atoms with Crippen LogP contribution in [0.3, 0.4) is 0 Å². The Bertz CT molecular complexity index is 331. The molecule has 88 valence electrons. The standard InChI is InChI=1S/C14H20FN/c15-13-8-4-7-12(10-13)14(16)9-11-5-2-1-3-6-11/h4,7-8,10-11,14H,1-3,5-6,9,16H2. The molecule has 1 aliphatic rings. The normalized spacial score (nSPS) is 19.6. The highest BCUT2D eigenvalue weighted by Gasteiger charge is 2.17. The van der Waals surface area contributed by atoms with E-state index in [1.807, 2.05) is 6.07 Å². The van der Waals surface area contributed by atoms with Gasteiger partial charge >= 0.3 is 0 Å². The van der Waals surface area contributed by atoms with Gasteiger partial charge in [-0.15, -0.1) is 0 Å². The third-order valence-corrected chi connectivity index (χ3v) is 3.59. The molecule has 2 heteroatoms. The van der Waals surface area contributed by atoms with Gasteiger partial charge in [0.2, 0.25) is 0 Å². The summed E-state index contributed by atoms with van der Waals surface area (Å²) in [6, 6.07) is 6.70. The first kappa shape index (κ1) is 11.6. The first-order valence-electron chi connectivity index (χ1n) is 6.27. The Hall–Kier alpha value is -0.890. The molecule has 2 rings (SSSR count). The molecule has 1 aliphatic carbocycles. The van der Waals surface area contributed by atoms with E-state index >= 15 is 0 Å². The fourth-order valence-corrected chi connectivity index (χ4v) is 2.66. The lowest BCUT2D eigenvalue weighted by molar-refractivity contribution is 0.319. The van der Waals surface area contributed by atoms with Gasteiger partial charge in [-0.05, 0) is 30.0 Å². The molecule has 1 fully saturated rings. The first-order valence-corrected chi connectivity index (χ1v) is 6.27. The van der Waals surface area contributed by atoms with Crippen molar-refractivity contribution in [1.29, 1.82) is 0 Å². The van der Waals surface area contributed by atoms with Gasteiger partial charge in [0.05, 0.1) is 0 Å². The van der Waals surface area contributed by atoms with Gasteiger partial charge in [0.25, 0.3) is 0 Å². The van der Waals surface area contributed by atoms with E-state index in [4.69, 9.17) is 5.73 Å². The van der Waals surface area contributed by atoms with E-state index in [-0.39, 0.29) is 11.9 Å². The minimum Gasteiger partial charge on any atom is -0.324 e. The molecule has 1 saturated carbocycles. The number of hydrogen-bond donors (Lipinski definition) is 1. The lowest BCUT2D eigenvalue weighted by atomic mass is 9.83. The summed E-state index contributed by atoms with van der Waals surface area (Å²) in [4.78, 5) is 0. The molecular weight excluding hydrogens is 201 g/mol. The van der Waals surface area contributed by atoms with Crippen LogP contribution in [0, 0.1) is 11.7 Å². The van der Waals surface area contributed by atoms with E-state index < -0.39 is 0 Å². The van der Waals surface area contributed by atoms with Crippen LogP contribution in [0.1, 0.15) is 50.1 Å². The summed E-state index contributed by atoms with van der Waals surface area (Å²) in [5, 5.41) is 0. The van der Waals surface area contributed by atoms with Crippen LogP contribution in [-0.4, -0.2) is 0 Å². The second-order valence-electron chi connectivity index (χ2n) is 4.90. The molecule has 1 atom stereocenters. The molecule has 0 saturated heterocycles. The predicted molar refractivity (Wildman–Crippen MR) is 64.5 cm³/mol. The summed E-state index contributed by atoms with van der Waals surface area (Å²) in [6.07, 6.45) is 7.63. The summed E-state index contributed by atoms with van der Waals surface area (Å²) in [5.41, 5.74) is 7.06. The minimum atomic E-state index is -0.184. The molecule has 1 aromatic rings. The van der Waals surface area contributed by atoms with Gasteiger partial charge in [-0.3, -0.25) is 0 Å². The molecule has 2 N–H and O–H groups in total.